The van der Waals surface area contributed by atoms with E-state index in [2.05, 4.69) is 10.2 Å². The predicted molar refractivity (Wildman–Crippen MR) is 59.6 cm³/mol. The minimum atomic E-state index is -1.36. The van der Waals surface area contributed by atoms with Crippen molar-refractivity contribution >= 4 is 0 Å². The van der Waals surface area contributed by atoms with Crippen LogP contribution in [0.25, 0.3) is 0 Å². The number of alkyl halides is 1. The van der Waals surface area contributed by atoms with Gasteiger partial charge in [-0.25, -0.2) is 4.39 Å². The van der Waals surface area contributed by atoms with Gasteiger partial charge in [-0.2, -0.15) is 10.2 Å². The summed E-state index contributed by atoms with van der Waals surface area (Å²) in [6.07, 6.45) is 0. The van der Waals surface area contributed by atoms with Crippen molar-refractivity contribution in [3.05, 3.63) is 23.0 Å². The molecule has 1 heterocycles. The maximum absolute atomic E-state index is 13.9. The summed E-state index contributed by atoms with van der Waals surface area (Å²) in [7, 11) is 0. The molecule has 0 amide bonds. The fraction of sp³-hybridized carbons (Fsp3) is 0.667. The van der Waals surface area contributed by atoms with Gasteiger partial charge in [-0.05, 0) is 26.8 Å². The molecule has 1 aromatic rings. The Kier molecular flexibility index (Phi) is 2.85. The highest BCUT2D eigenvalue weighted by molar-refractivity contribution is 5.28. The van der Waals surface area contributed by atoms with Gasteiger partial charge in [0.1, 0.15) is 5.67 Å². The Hall–Kier alpha value is -0.990. The highest BCUT2D eigenvalue weighted by Crippen LogP contribution is 2.29. The molecule has 0 radical (unpaired) electrons. The van der Waals surface area contributed by atoms with Crippen LogP contribution in [0.3, 0.4) is 0 Å². The van der Waals surface area contributed by atoms with Crippen LogP contribution in [0.1, 0.15) is 51.6 Å². The number of hydrogen-bond donors (Lipinski definition) is 0. The lowest BCUT2D eigenvalue weighted by Crippen LogP contribution is -2.19. The van der Waals surface area contributed by atoms with Gasteiger partial charge in [-0.15, -0.1) is 0 Å². The Bertz CT molecular complexity index is 359. The topological polar surface area (TPSA) is 25.8 Å². The molecule has 0 aliphatic rings. The summed E-state index contributed by atoms with van der Waals surface area (Å²) in [5, 5.41) is 8.13. The van der Waals surface area contributed by atoms with Crippen LogP contribution in [0.5, 0.6) is 0 Å². The lowest BCUT2D eigenvalue weighted by atomic mass is 9.89. The van der Waals surface area contributed by atoms with Crippen LogP contribution in [-0.4, -0.2) is 10.2 Å². The number of rotatable bonds is 1. The van der Waals surface area contributed by atoms with E-state index >= 15 is 0 Å². The van der Waals surface area contributed by atoms with Gasteiger partial charge in [0, 0.05) is 11.0 Å². The van der Waals surface area contributed by atoms with E-state index in [-0.39, 0.29) is 5.41 Å². The normalized spacial score (nSPS) is 13.0. The van der Waals surface area contributed by atoms with E-state index in [0.717, 1.165) is 5.69 Å². The van der Waals surface area contributed by atoms with Gasteiger partial charge >= 0.3 is 0 Å². The van der Waals surface area contributed by atoms with Crippen LogP contribution < -0.4 is 0 Å². The molecule has 0 saturated heterocycles. The summed E-state index contributed by atoms with van der Waals surface area (Å²) in [5.41, 5.74) is 0.660. The molecule has 0 fully saturated rings. The molecule has 0 aromatic carbocycles. The number of aromatic nitrogens is 2. The van der Waals surface area contributed by atoms with Gasteiger partial charge in [0.15, 0.2) is 0 Å². The maximum Gasteiger partial charge on any atom is 0.132 e. The van der Waals surface area contributed by atoms with Gasteiger partial charge in [0.2, 0.25) is 0 Å². The molecular weight excluding hydrogens is 191 g/mol. The fourth-order valence-electron chi connectivity index (χ4n) is 1.42. The predicted octanol–water partition coefficient (Wildman–Crippen LogP) is 3.29. The third-order valence-electron chi connectivity index (χ3n) is 2.39. The zero-order chi connectivity index (χ0) is 11.9. The Morgan fingerprint density at radius 1 is 1.07 bits per heavy atom. The van der Waals surface area contributed by atoms with Gasteiger partial charge in [-0.3, -0.25) is 0 Å². The second-order valence-corrected chi connectivity index (χ2v) is 5.45. The van der Waals surface area contributed by atoms with E-state index in [9.17, 15) is 4.39 Å². The number of nitrogens with zero attached hydrogens (tertiary/aromatic N) is 2. The molecule has 0 spiro atoms. The molecule has 3 heteroatoms. The Morgan fingerprint density at radius 2 is 1.60 bits per heavy atom. The average molecular weight is 210 g/mol. The van der Waals surface area contributed by atoms with Crippen LogP contribution in [0.2, 0.25) is 0 Å². The number of aryl methyl sites for hydroxylation is 1. The van der Waals surface area contributed by atoms with Gasteiger partial charge in [0.05, 0.1) is 11.4 Å². The van der Waals surface area contributed by atoms with Crippen molar-refractivity contribution in [1.82, 2.24) is 10.2 Å². The monoisotopic (exact) mass is 210 g/mol. The van der Waals surface area contributed by atoms with Gasteiger partial charge in [0.25, 0.3) is 0 Å². The SMILES string of the molecule is Cc1nnc(C(C)(C)C)cc1C(C)(C)F. The molecule has 0 aliphatic heterocycles. The summed E-state index contributed by atoms with van der Waals surface area (Å²) in [6, 6.07) is 1.82. The summed E-state index contributed by atoms with van der Waals surface area (Å²) in [4.78, 5) is 0. The molecule has 1 rings (SSSR count). The first-order chi connectivity index (χ1) is 6.62. The summed E-state index contributed by atoms with van der Waals surface area (Å²) in [6.45, 7) is 11.0. The van der Waals surface area contributed by atoms with E-state index in [0.29, 0.717) is 11.3 Å². The van der Waals surface area contributed by atoms with Crippen LogP contribution >= 0.6 is 0 Å². The van der Waals surface area contributed by atoms with Crippen molar-refractivity contribution in [3.8, 4) is 0 Å². The van der Waals surface area contributed by atoms with Crippen LogP contribution in [0.4, 0.5) is 4.39 Å². The van der Waals surface area contributed by atoms with Crippen molar-refractivity contribution in [2.24, 2.45) is 0 Å². The largest absolute Gasteiger partial charge is 0.239 e. The molecule has 0 unspecified atom stereocenters. The van der Waals surface area contributed by atoms with Crippen LogP contribution in [0.15, 0.2) is 6.07 Å². The first-order valence-electron chi connectivity index (χ1n) is 5.16. The Labute approximate surface area is 90.9 Å². The van der Waals surface area contributed by atoms with E-state index in [1.165, 1.54) is 0 Å². The van der Waals surface area contributed by atoms with E-state index < -0.39 is 5.67 Å². The minimum Gasteiger partial charge on any atom is -0.239 e. The third kappa shape index (κ3) is 2.74. The zero-order valence-electron chi connectivity index (χ0n) is 10.3. The van der Waals surface area contributed by atoms with Crippen LogP contribution in [-0.2, 0) is 11.1 Å². The summed E-state index contributed by atoms with van der Waals surface area (Å²) >= 11 is 0. The first kappa shape index (κ1) is 12.1. The van der Waals surface area contributed by atoms with E-state index in [4.69, 9.17) is 0 Å². The lowest BCUT2D eigenvalue weighted by molar-refractivity contribution is 0.218. The highest BCUT2D eigenvalue weighted by atomic mass is 19.1. The molecule has 15 heavy (non-hydrogen) atoms. The standard InChI is InChI=1S/C12H19FN2/c1-8-9(12(5,6)13)7-10(15-14-8)11(2,3)4/h7H,1-6H3. The fourth-order valence-corrected chi connectivity index (χ4v) is 1.42. The van der Waals surface area contributed by atoms with Gasteiger partial charge in [-0.1, -0.05) is 20.8 Å². The molecule has 0 bridgehead atoms. The summed E-state index contributed by atoms with van der Waals surface area (Å²) in [5.74, 6) is 0. The van der Waals surface area contributed by atoms with Crippen molar-refractivity contribution in [2.75, 3.05) is 0 Å². The highest BCUT2D eigenvalue weighted by Gasteiger charge is 2.25. The van der Waals surface area contributed by atoms with Crippen molar-refractivity contribution in [3.63, 3.8) is 0 Å². The third-order valence-corrected chi connectivity index (χ3v) is 2.39. The maximum atomic E-state index is 13.9. The lowest BCUT2D eigenvalue weighted by Gasteiger charge is -2.22. The van der Waals surface area contributed by atoms with Crippen molar-refractivity contribution in [1.29, 1.82) is 0 Å². The average Bonchev–Trinajstić information content (AvgIpc) is 2.00. The van der Waals surface area contributed by atoms with Gasteiger partial charge < -0.3 is 0 Å². The Morgan fingerprint density at radius 3 is 2.00 bits per heavy atom. The second-order valence-electron chi connectivity index (χ2n) is 5.45. The Balaban J connectivity index is 3.30. The minimum absolute atomic E-state index is 0.0965. The molecule has 1 aromatic heterocycles. The van der Waals surface area contributed by atoms with E-state index in [1.807, 2.05) is 26.8 Å². The smallest absolute Gasteiger partial charge is 0.132 e. The zero-order valence-corrected chi connectivity index (χ0v) is 10.3. The molecule has 0 N–H and O–H groups in total. The second kappa shape index (κ2) is 3.54. The number of halogens is 1. The van der Waals surface area contributed by atoms with Crippen LogP contribution in [0, 0.1) is 6.92 Å². The van der Waals surface area contributed by atoms with E-state index in [1.54, 1.807) is 20.8 Å². The quantitative estimate of drug-likeness (QED) is 0.710. The molecule has 0 saturated carbocycles. The van der Waals surface area contributed by atoms with Crippen molar-refractivity contribution < 1.29 is 4.39 Å². The molecular formula is C12H19FN2. The molecule has 84 valence electrons. The molecule has 0 aliphatic carbocycles. The summed E-state index contributed by atoms with van der Waals surface area (Å²) < 4.78 is 13.9. The van der Waals surface area contributed by atoms with Crippen molar-refractivity contribution in [2.45, 2.75) is 52.6 Å². The first-order valence-corrected chi connectivity index (χ1v) is 5.16. The molecule has 2 nitrogen and oxygen atoms in total. The molecule has 0 atom stereocenters. The number of hydrogen-bond acceptors (Lipinski definition) is 2.